The summed E-state index contributed by atoms with van der Waals surface area (Å²) in [5.74, 6) is 1.13. The van der Waals surface area contributed by atoms with Gasteiger partial charge in [0.05, 0.1) is 5.69 Å². The Morgan fingerprint density at radius 3 is 1.97 bits per heavy atom. The molecule has 1 N–H and O–H groups in total. The van der Waals surface area contributed by atoms with E-state index >= 15 is 0 Å². The minimum absolute atomic E-state index is 0.0346. The van der Waals surface area contributed by atoms with Crippen LogP contribution in [0.15, 0.2) is 36.4 Å². The number of rotatable bonds is 4. The van der Waals surface area contributed by atoms with Crippen LogP contribution in [0.4, 0.5) is 35.3 Å². The molecule has 0 unspecified atom stereocenters. The van der Waals surface area contributed by atoms with Gasteiger partial charge in [-0.05, 0) is 31.3 Å². The molecule has 2 aliphatic heterocycles. The number of nitrogens with zero attached hydrogens (tertiary/aromatic N) is 6. The topological polar surface area (TPSA) is 77.1 Å². The van der Waals surface area contributed by atoms with Crippen molar-refractivity contribution in [1.29, 1.82) is 0 Å². The molecule has 1 aromatic heterocycles. The third-order valence-corrected chi connectivity index (χ3v) is 5.71. The van der Waals surface area contributed by atoms with E-state index in [1.807, 2.05) is 17.0 Å². The van der Waals surface area contributed by atoms with Gasteiger partial charge in [0.1, 0.15) is 0 Å². The van der Waals surface area contributed by atoms with Gasteiger partial charge in [0.2, 0.25) is 0 Å². The summed E-state index contributed by atoms with van der Waals surface area (Å²) in [7, 11) is 2.10. The van der Waals surface area contributed by atoms with Crippen molar-refractivity contribution in [2.75, 3.05) is 74.5 Å². The maximum atomic E-state index is 12.6. The minimum Gasteiger partial charge on any atom is -0.404 e. The summed E-state index contributed by atoms with van der Waals surface area (Å²) in [5, 5.41) is 11.2. The summed E-state index contributed by atoms with van der Waals surface area (Å²) in [6, 6.07) is 8.88. The van der Waals surface area contributed by atoms with Crippen molar-refractivity contribution in [3.05, 3.63) is 36.4 Å². The summed E-state index contributed by atoms with van der Waals surface area (Å²) in [6.45, 7) is 5.67. The Morgan fingerprint density at radius 1 is 0.879 bits per heavy atom. The van der Waals surface area contributed by atoms with E-state index < -0.39 is 18.1 Å². The van der Waals surface area contributed by atoms with Crippen molar-refractivity contribution in [3.8, 4) is 5.75 Å². The average Bonchev–Trinajstić information content (AvgIpc) is 2.80. The summed E-state index contributed by atoms with van der Waals surface area (Å²) < 4.78 is 41.8. The normalized spacial score (nSPS) is 17.8. The highest BCUT2D eigenvalue weighted by molar-refractivity contribution is 5.91. The van der Waals surface area contributed by atoms with Gasteiger partial charge in [0, 0.05) is 52.4 Å². The lowest BCUT2D eigenvalue weighted by molar-refractivity contribution is -0.274. The fourth-order valence-electron chi connectivity index (χ4n) is 3.81. The molecule has 12 heteroatoms. The number of hydrogen-bond donors (Lipinski definition) is 1. The molecule has 0 radical (unpaired) electrons. The van der Waals surface area contributed by atoms with E-state index in [2.05, 4.69) is 37.1 Å². The third kappa shape index (κ3) is 5.95. The number of aromatic nitrogens is 2. The Morgan fingerprint density at radius 2 is 1.42 bits per heavy atom. The number of urea groups is 1. The first kappa shape index (κ1) is 22.9. The number of likely N-dealkylation sites (N-methyl/N-ethyl adjacent to an activating group) is 1. The molecule has 2 aliphatic rings. The molecule has 1 aromatic carbocycles. The molecule has 178 valence electrons. The van der Waals surface area contributed by atoms with E-state index in [0.717, 1.165) is 43.9 Å². The van der Waals surface area contributed by atoms with Crippen LogP contribution < -0.4 is 19.9 Å². The van der Waals surface area contributed by atoms with E-state index in [1.165, 1.54) is 18.2 Å². The molecular weight excluding hydrogens is 439 g/mol. The van der Waals surface area contributed by atoms with Crippen LogP contribution in [0.3, 0.4) is 0 Å². The van der Waals surface area contributed by atoms with E-state index in [4.69, 9.17) is 0 Å². The number of piperazine rings is 2. The van der Waals surface area contributed by atoms with E-state index in [0.29, 0.717) is 26.2 Å². The van der Waals surface area contributed by atoms with Crippen LogP contribution in [0.1, 0.15) is 0 Å². The molecule has 2 aromatic rings. The Labute approximate surface area is 189 Å². The van der Waals surface area contributed by atoms with Gasteiger partial charge < -0.3 is 29.7 Å². The Kier molecular flexibility index (Phi) is 6.72. The number of carbonyl (C=O) groups excluding carboxylic acids is 1. The number of para-hydroxylation sites is 2. The largest absolute Gasteiger partial charge is 0.573 e. The van der Waals surface area contributed by atoms with Crippen LogP contribution in [-0.4, -0.2) is 91.8 Å². The fraction of sp³-hybridized carbons (Fsp3) is 0.476. The van der Waals surface area contributed by atoms with Gasteiger partial charge in [-0.25, -0.2) is 4.79 Å². The zero-order chi connectivity index (χ0) is 23.4. The smallest absolute Gasteiger partial charge is 0.404 e. The van der Waals surface area contributed by atoms with Gasteiger partial charge in [-0.1, -0.05) is 12.1 Å². The predicted octanol–water partition coefficient (Wildman–Crippen LogP) is 2.48. The maximum Gasteiger partial charge on any atom is 0.573 e. The van der Waals surface area contributed by atoms with Crippen LogP contribution >= 0.6 is 0 Å². The molecule has 0 spiro atoms. The molecule has 2 amide bonds. The number of ether oxygens (including phenoxy) is 1. The number of benzene rings is 1. The zero-order valence-electron chi connectivity index (χ0n) is 18.3. The first-order valence-electron chi connectivity index (χ1n) is 10.7. The highest BCUT2D eigenvalue weighted by Gasteiger charge is 2.32. The van der Waals surface area contributed by atoms with Crippen molar-refractivity contribution < 1.29 is 22.7 Å². The van der Waals surface area contributed by atoms with E-state index in [-0.39, 0.29) is 5.69 Å². The Hall–Kier alpha value is -3.28. The highest BCUT2D eigenvalue weighted by atomic mass is 19.4. The summed E-state index contributed by atoms with van der Waals surface area (Å²) in [4.78, 5) is 20.7. The minimum atomic E-state index is -4.84. The standard InChI is InChI=1S/C21H26F3N7O2/c1-28-8-10-29(11-9-28)18-6-7-19(27-26-18)30-12-14-31(15-13-30)20(32)25-16-4-2-3-5-17(16)33-21(22,23)24/h2-7H,8-15H2,1H3,(H,25,32). The van der Waals surface area contributed by atoms with Crippen molar-refractivity contribution in [1.82, 2.24) is 20.0 Å². The Bertz CT molecular complexity index is 942. The molecular formula is C21H26F3N7O2. The summed E-state index contributed by atoms with van der Waals surface area (Å²) >= 11 is 0. The molecule has 3 heterocycles. The molecule has 9 nitrogen and oxygen atoms in total. The molecule has 4 rings (SSSR count). The monoisotopic (exact) mass is 465 g/mol. The lowest BCUT2D eigenvalue weighted by atomic mass is 10.3. The van der Waals surface area contributed by atoms with Crippen LogP contribution in [-0.2, 0) is 0 Å². The summed E-state index contributed by atoms with van der Waals surface area (Å²) in [6.07, 6.45) is -4.84. The second-order valence-electron chi connectivity index (χ2n) is 7.99. The van der Waals surface area contributed by atoms with Gasteiger partial charge in [0.25, 0.3) is 0 Å². The molecule has 33 heavy (non-hydrogen) atoms. The average molecular weight is 465 g/mol. The van der Waals surface area contributed by atoms with E-state index in [1.54, 1.807) is 4.90 Å². The number of amides is 2. The van der Waals surface area contributed by atoms with Gasteiger partial charge in [-0.3, -0.25) is 0 Å². The van der Waals surface area contributed by atoms with Crippen molar-refractivity contribution in [3.63, 3.8) is 0 Å². The van der Waals surface area contributed by atoms with Gasteiger partial charge in [0.15, 0.2) is 17.4 Å². The fourth-order valence-corrected chi connectivity index (χ4v) is 3.81. The van der Waals surface area contributed by atoms with Gasteiger partial charge >= 0.3 is 12.4 Å². The van der Waals surface area contributed by atoms with Crippen molar-refractivity contribution in [2.24, 2.45) is 0 Å². The second-order valence-corrected chi connectivity index (χ2v) is 7.99. The number of anilines is 3. The number of hydrogen-bond acceptors (Lipinski definition) is 7. The number of carbonyl (C=O) groups is 1. The highest BCUT2D eigenvalue weighted by Crippen LogP contribution is 2.30. The number of alkyl halides is 3. The lowest BCUT2D eigenvalue weighted by Gasteiger charge is -2.35. The molecule has 0 saturated carbocycles. The lowest BCUT2D eigenvalue weighted by Crippen LogP contribution is -2.50. The van der Waals surface area contributed by atoms with E-state index in [9.17, 15) is 18.0 Å². The zero-order valence-corrected chi connectivity index (χ0v) is 18.3. The third-order valence-electron chi connectivity index (χ3n) is 5.71. The molecule has 0 aliphatic carbocycles. The van der Waals surface area contributed by atoms with Crippen LogP contribution in [0, 0.1) is 0 Å². The summed E-state index contributed by atoms with van der Waals surface area (Å²) in [5.41, 5.74) is -0.0346. The predicted molar refractivity (Wildman–Crippen MR) is 118 cm³/mol. The Balaban J connectivity index is 1.31. The second kappa shape index (κ2) is 9.69. The molecule has 0 bridgehead atoms. The maximum absolute atomic E-state index is 12.6. The van der Waals surface area contributed by atoms with Crippen LogP contribution in [0.25, 0.3) is 0 Å². The van der Waals surface area contributed by atoms with Gasteiger partial charge in [-0.2, -0.15) is 0 Å². The molecule has 2 fully saturated rings. The first-order chi connectivity index (χ1) is 15.8. The first-order valence-corrected chi connectivity index (χ1v) is 10.7. The number of halogens is 3. The SMILES string of the molecule is CN1CCN(c2ccc(N3CCN(C(=O)Nc4ccccc4OC(F)(F)F)CC3)nn2)CC1. The number of nitrogens with one attached hydrogen (secondary N) is 1. The van der Waals surface area contributed by atoms with Crippen LogP contribution in [0.2, 0.25) is 0 Å². The molecule has 2 saturated heterocycles. The quantitative estimate of drug-likeness (QED) is 0.744. The van der Waals surface area contributed by atoms with Crippen molar-refractivity contribution in [2.45, 2.75) is 6.36 Å². The van der Waals surface area contributed by atoms with Gasteiger partial charge in [-0.15, -0.1) is 23.4 Å². The van der Waals surface area contributed by atoms with Crippen molar-refractivity contribution >= 4 is 23.4 Å². The van der Waals surface area contributed by atoms with Crippen LogP contribution in [0.5, 0.6) is 5.75 Å². The molecule has 0 atom stereocenters.